The number of amides is 1. The van der Waals surface area contributed by atoms with Crippen LogP contribution in [-0.4, -0.2) is 55.7 Å². The zero-order chi connectivity index (χ0) is 20.1. The Morgan fingerprint density at radius 3 is 2.21 bits per heavy atom. The Balaban J connectivity index is 0.00000392. The van der Waals surface area contributed by atoms with E-state index >= 15 is 0 Å². The molecule has 1 amide bonds. The number of hydrogen-bond acceptors (Lipinski definition) is 3. The fraction of sp³-hybridized carbons (Fsp3) is 0.650. The number of nitrogens with one attached hydrogen (secondary N) is 2. The number of rotatable bonds is 6. The molecule has 1 atom stereocenters. The molecule has 8 heteroatoms. The van der Waals surface area contributed by atoms with Crippen LogP contribution in [-0.2, 0) is 16.6 Å². The third-order valence-electron chi connectivity index (χ3n) is 4.92. The highest BCUT2D eigenvalue weighted by Crippen LogP contribution is 2.25. The molecule has 1 unspecified atom stereocenters. The molecular formula is C20H31ClF3N3O. The highest BCUT2D eigenvalue weighted by molar-refractivity contribution is 5.85. The molecule has 0 aliphatic carbocycles. The topological polar surface area (TPSA) is 44.4 Å². The van der Waals surface area contributed by atoms with Crippen LogP contribution >= 0.6 is 12.4 Å². The monoisotopic (exact) mass is 421 g/mol. The third-order valence-corrected chi connectivity index (χ3v) is 4.92. The minimum atomic E-state index is -4.35. The Hall–Kier alpha value is -1.31. The smallest absolute Gasteiger partial charge is 0.354 e. The third kappa shape index (κ3) is 7.60. The van der Waals surface area contributed by atoms with Crippen LogP contribution in [0.5, 0.6) is 0 Å². The summed E-state index contributed by atoms with van der Waals surface area (Å²) in [7, 11) is 0. The quantitative estimate of drug-likeness (QED) is 0.740. The molecule has 1 aliphatic heterocycles. The van der Waals surface area contributed by atoms with Crippen molar-refractivity contribution in [1.82, 2.24) is 15.5 Å². The van der Waals surface area contributed by atoms with E-state index in [1.54, 1.807) is 0 Å². The first-order valence-electron chi connectivity index (χ1n) is 9.45. The van der Waals surface area contributed by atoms with E-state index in [0.717, 1.165) is 5.56 Å². The molecule has 0 aromatic heterocycles. The van der Waals surface area contributed by atoms with Crippen LogP contribution in [0.25, 0.3) is 0 Å². The van der Waals surface area contributed by atoms with Gasteiger partial charge in [-0.25, -0.2) is 0 Å². The largest absolute Gasteiger partial charge is 0.405 e. The number of alkyl halides is 3. The fourth-order valence-corrected chi connectivity index (χ4v) is 3.17. The van der Waals surface area contributed by atoms with E-state index in [9.17, 15) is 18.0 Å². The summed E-state index contributed by atoms with van der Waals surface area (Å²) in [5, 5.41) is 5.51. The molecule has 2 N–H and O–H groups in total. The van der Waals surface area contributed by atoms with E-state index in [1.165, 1.54) is 10.5 Å². The Bertz CT molecular complexity index is 609. The molecule has 1 heterocycles. The van der Waals surface area contributed by atoms with Crippen molar-refractivity contribution < 1.29 is 18.0 Å². The standard InChI is InChI=1S/C20H30F3N3O.ClH/c1-19(2,3)16-7-4-15(5-8-16)6-9-18(27)25-14-17(20(21,22)23)26-12-10-24-11-13-26;/h4-5,7-8,17,24H,6,9-14H2,1-3H3,(H,25,27);1H. The van der Waals surface area contributed by atoms with Gasteiger partial charge in [-0.2, -0.15) is 13.2 Å². The number of benzene rings is 1. The van der Waals surface area contributed by atoms with Gasteiger partial charge in [0, 0.05) is 39.1 Å². The SMILES string of the molecule is CC(C)(C)c1ccc(CCC(=O)NCC(N2CCNCC2)C(F)(F)F)cc1.Cl. The molecule has 2 rings (SSSR count). The van der Waals surface area contributed by atoms with Gasteiger partial charge < -0.3 is 10.6 Å². The van der Waals surface area contributed by atoms with Crippen molar-refractivity contribution in [3.05, 3.63) is 35.4 Å². The molecule has 1 aromatic carbocycles. The van der Waals surface area contributed by atoms with E-state index in [0.29, 0.717) is 32.6 Å². The van der Waals surface area contributed by atoms with Gasteiger partial charge in [0.15, 0.2) is 0 Å². The zero-order valence-corrected chi connectivity index (χ0v) is 17.6. The zero-order valence-electron chi connectivity index (χ0n) is 16.7. The van der Waals surface area contributed by atoms with Gasteiger partial charge >= 0.3 is 6.18 Å². The second kappa shape index (κ2) is 10.5. The maximum Gasteiger partial charge on any atom is 0.405 e. The van der Waals surface area contributed by atoms with E-state index in [-0.39, 0.29) is 30.2 Å². The molecule has 1 fully saturated rings. The second-order valence-electron chi connectivity index (χ2n) is 8.09. The molecule has 1 aliphatic rings. The lowest BCUT2D eigenvalue weighted by Gasteiger charge is -2.35. The van der Waals surface area contributed by atoms with Crippen molar-refractivity contribution in [3.63, 3.8) is 0 Å². The summed E-state index contributed by atoms with van der Waals surface area (Å²) in [6, 6.07) is 6.41. The number of hydrogen-bond donors (Lipinski definition) is 2. The Morgan fingerprint density at radius 1 is 1.14 bits per heavy atom. The molecular weight excluding hydrogens is 391 g/mol. The number of piperazine rings is 1. The van der Waals surface area contributed by atoms with Crippen molar-refractivity contribution in [2.24, 2.45) is 0 Å². The first kappa shape index (κ1) is 24.7. The summed E-state index contributed by atoms with van der Waals surface area (Å²) in [5.41, 5.74) is 2.28. The van der Waals surface area contributed by atoms with E-state index < -0.39 is 18.8 Å². The van der Waals surface area contributed by atoms with Gasteiger partial charge in [0.05, 0.1) is 0 Å². The van der Waals surface area contributed by atoms with Gasteiger partial charge in [-0.15, -0.1) is 12.4 Å². The van der Waals surface area contributed by atoms with Crippen LogP contribution in [0.2, 0.25) is 0 Å². The summed E-state index contributed by atoms with van der Waals surface area (Å²) in [4.78, 5) is 13.4. The van der Waals surface area contributed by atoms with Crippen LogP contribution in [0, 0.1) is 0 Å². The predicted molar refractivity (Wildman–Crippen MR) is 108 cm³/mol. The normalized spacial score (nSPS) is 16.9. The average Bonchev–Trinajstić information content (AvgIpc) is 2.59. The fourth-order valence-electron chi connectivity index (χ4n) is 3.17. The Kier molecular flexibility index (Phi) is 9.24. The van der Waals surface area contributed by atoms with E-state index in [2.05, 4.69) is 31.4 Å². The van der Waals surface area contributed by atoms with Gasteiger partial charge in [-0.3, -0.25) is 9.69 Å². The summed E-state index contributed by atoms with van der Waals surface area (Å²) in [5.74, 6) is -0.348. The van der Waals surface area contributed by atoms with Crippen molar-refractivity contribution in [2.45, 2.75) is 51.2 Å². The molecule has 1 saturated heterocycles. The summed E-state index contributed by atoms with van der Waals surface area (Å²) >= 11 is 0. The first-order chi connectivity index (χ1) is 12.6. The molecule has 160 valence electrons. The van der Waals surface area contributed by atoms with Crippen molar-refractivity contribution in [2.75, 3.05) is 32.7 Å². The van der Waals surface area contributed by atoms with Crippen molar-refractivity contribution >= 4 is 18.3 Å². The van der Waals surface area contributed by atoms with Gasteiger partial charge in [-0.05, 0) is 23.0 Å². The number of carbonyl (C=O) groups is 1. The molecule has 4 nitrogen and oxygen atoms in total. The lowest BCUT2D eigenvalue weighted by Crippen LogP contribution is -2.57. The maximum atomic E-state index is 13.3. The van der Waals surface area contributed by atoms with E-state index in [1.807, 2.05) is 24.3 Å². The molecule has 28 heavy (non-hydrogen) atoms. The van der Waals surface area contributed by atoms with Crippen LogP contribution in [0.3, 0.4) is 0 Å². The lowest BCUT2D eigenvalue weighted by atomic mass is 9.86. The minimum Gasteiger partial charge on any atom is -0.354 e. The summed E-state index contributed by atoms with van der Waals surface area (Å²) in [6.45, 7) is 7.72. The molecule has 1 aromatic rings. The predicted octanol–water partition coefficient (Wildman–Crippen LogP) is 3.29. The summed E-state index contributed by atoms with van der Waals surface area (Å²) < 4.78 is 40.0. The lowest BCUT2D eigenvalue weighted by molar-refractivity contribution is -0.184. The van der Waals surface area contributed by atoms with Crippen LogP contribution < -0.4 is 10.6 Å². The highest BCUT2D eigenvalue weighted by atomic mass is 35.5. The number of aryl methyl sites for hydroxylation is 1. The maximum absolute atomic E-state index is 13.3. The Morgan fingerprint density at radius 2 is 1.71 bits per heavy atom. The number of carbonyl (C=O) groups excluding carboxylic acids is 1. The number of halogens is 4. The van der Waals surface area contributed by atoms with Gasteiger partial charge in [-0.1, -0.05) is 45.0 Å². The van der Waals surface area contributed by atoms with E-state index in [4.69, 9.17) is 0 Å². The van der Waals surface area contributed by atoms with Crippen molar-refractivity contribution in [1.29, 1.82) is 0 Å². The summed E-state index contributed by atoms with van der Waals surface area (Å²) in [6.07, 6.45) is -3.66. The van der Waals surface area contributed by atoms with Crippen LogP contribution in [0.15, 0.2) is 24.3 Å². The van der Waals surface area contributed by atoms with Gasteiger partial charge in [0.1, 0.15) is 6.04 Å². The second-order valence-corrected chi connectivity index (χ2v) is 8.09. The average molecular weight is 422 g/mol. The minimum absolute atomic E-state index is 0. The first-order valence-corrected chi connectivity index (χ1v) is 9.45. The number of nitrogens with zero attached hydrogens (tertiary/aromatic N) is 1. The van der Waals surface area contributed by atoms with Gasteiger partial charge in [0.25, 0.3) is 0 Å². The van der Waals surface area contributed by atoms with Crippen LogP contribution in [0.1, 0.15) is 38.3 Å². The molecule has 0 saturated carbocycles. The highest BCUT2D eigenvalue weighted by Gasteiger charge is 2.43. The molecule has 0 bridgehead atoms. The van der Waals surface area contributed by atoms with Crippen molar-refractivity contribution in [3.8, 4) is 0 Å². The van der Waals surface area contributed by atoms with Crippen LogP contribution in [0.4, 0.5) is 13.2 Å². The molecule has 0 radical (unpaired) electrons. The molecule has 0 spiro atoms. The Labute approximate surface area is 171 Å². The van der Waals surface area contributed by atoms with Gasteiger partial charge in [0.2, 0.25) is 5.91 Å².